The summed E-state index contributed by atoms with van der Waals surface area (Å²) in [5.74, 6) is 1.03. The highest BCUT2D eigenvalue weighted by Gasteiger charge is 2.06. The smallest absolute Gasteiger partial charge is 0.202 e. The van der Waals surface area contributed by atoms with E-state index in [1.165, 1.54) is 38.5 Å². The van der Waals surface area contributed by atoms with Gasteiger partial charge in [0.05, 0.1) is 0 Å². The number of hydrogen-bond acceptors (Lipinski definition) is 2. The molecule has 0 saturated carbocycles. The summed E-state index contributed by atoms with van der Waals surface area (Å²) in [7, 11) is 0. The third-order valence-electron chi connectivity index (χ3n) is 3.08. The summed E-state index contributed by atoms with van der Waals surface area (Å²) < 4.78 is 2.22. The highest BCUT2D eigenvalue weighted by molar-refractivity contribution is 5.27. The van der Waals surface area contributed by atoms with Crippen molar-refractivity contribution in [1.82, 2.24) is 9.55 Å². The van der Waals surface area contributed by atoms with Crippen molar-refractivity contribution in [2.24, 2.45) is 0 Å². The van der Waals surface area contributed by atoms with E-state index >= 15 is 0 Å². The van der Waals surface area contributed by atoms with E-state index in [1.54, 1.807) is 0 Å². The van der Waals surface area contributed by atoms with Crippen LogP contribution in [0.1, 0.15) is 59.3 Å². The predicted molar refractivity (Wildman–Crippen MR) is 74.4 cm³/mol. The standard InChI is InChI=1S/C14H27N3/c1-4-6-8-9-13(3)16-14-15-10-12-17(14)11-7-5-2/h10,12-13H,4-9,11H2,1-3H3,(H,15,16). The maximum absolute atomic E-state index is 4.39. The Morgan fingerprint density at radius 3 is 2.71 bits per heavy atom. The summed E-state index contributed by atoms with van der Waals surface area (Å²) in [5, 5.41) is 3.51. The average Bonchev–Trinajstić information content (AvgIpc) is 2.74. The van der Waals surface area contributed by atoms with E-state index in [0.717, 1.165) is 12.5 Å². The molecule has 1 rings (SSSR count). The van der Waals surface area contributed by atoms with Crippen LogP contribution in [0.25, 0.3) is 0 Å². The van der Waals surface area contributed by atoms with Crippen LogP contribution in [-0.4, -0.2) is 15.6 Å². The molecule has 0 fully saturated rings. The van der Waals surface area contributed by atoms with Crippen molar-refractivity contribution in [3.8, 4) is 0 Å². The van der Waals surface area contributed by atoms with E-state index in [1.807, 2.05) is 6.20 Å². The molecule has 0 aliphatic heterocycles. The number of unbranched alkanes of at least 4 members (excludes halogenated alkanes) is 3. The lowest BCUT2D eigenvalue weighted by Gasteiger charge is -2.15. The van der Waals surface area contributed by atoms with Crippen molar-refractivity contribution < 1.29 is 0 Å². The molecule has 1 N–H and O–H groups in total. The van der Waals surface area contributed by atoms with Gasteiger partial charge in [-0.1, -0.05) is 39.5 Å². The lowest BCUT2D eigenvalue weighted by Crippen LogP contribution is -2.18. The lowest BCUT2D eigenvalue weighted by atomic mass is 10.1. The largest absolute Gasteiger partial charge is 0.353 e. The second-order valence-corrected chi connectivity index (χ2v) is 4.84. The van der Waals surface area contributed by atoms with Gasteiger partial charge in [0, 0.05) is 25.0 Å². The second-order valence-electron chi connectivity index (χ2n) is 4.84. The fraction of sp³-hybridized carbons (Fsp3) is 0.786. The van der Waals surface area contributed by atoms with Crippen LogP contribution in [0.3, 0.4) is 0 Å². The van der Waals surface area contributed by atoms with Crippen molar-refractivity contribution >= 4 is 5.95 Å². The van der Waals surface area contributed by atoms with Gasteiger partial charge in [-0.25, -0.2) is 4.98 Å². The van der Waals surface area contributed by atoms with Crippen LogP contribution in [0.2, 0.25) is 0 Å². The van der Waals surface area contributed by atoms with Gasteiger partial charge in [-0.2, -0.15) is 0 Å². The molecule has 0 saturated heterocycles. The molecule has 0 radical (unpaired) electrons. The van der Waals surface area contributed by atoms with E-state index in [4.69, 9.17) is 0 Å². The summed E-state index contributed by atoms with van der Waals surface area (Å²) in [6.45, 7) is 7.78. The number of aryl methyl sites for hydroxylation is 1. The van der Waals surface area contributed by atoms with Gasteiger partial charge in [0.25, 0.3) is 0 Å². The Bertz CT molecular complexity index is 293. The summed E-state index contributed by atoms with van der Waals surface area (Å²) >= 11 is 0. The number of aromatic nitrogens is 2. The van der Waals surface area contributed by atoms with Gasteiger partial charge in [0.2, 0.25) is 5.95 Å². The summed E-state index contributed by atoms with van der Waals surface area (Å²) in [5.41, 5.74) is 0. The molecule has 0 amide bonds. The van der Waals surface area contributed by atoms with Crippen LogP contribution in [-0.2, 0) is 6.54 Å². The van der Waals surface area contributed by atoms with Crippen molar-refractivity contribution in [3.05, 3.63) is 12.4 Å². The van der Waals surface area contributed by atoms with Crippen LogP contribution in [0, 0.1) is 0 Å². The molecule has 0 aliphatic rings. The molecule has 1 atom stereocenters. The molecule has 98 valence electrons. The normalized spacial score (nSPS) is 12.6. The fourth-order valence-corrected chi connectivity index (χ4v) is 1.95. The van der Waals surface area contributed by atoms with Gasteiger partial charge >= 0.3 is 0 Å². The van der Waals surface area contributed by atoms with Crippen LogP contribution >= 0.6 is 0 Å². The first-order valence-electron chi connectivity index (χ1n) is 7.05. The molecular formula is C14H27N3. The number of rotatable bonds is 9. The molecule has 1 unspecified atom stereocenters. The summed E-state index contributed by atoms with van der Waals surface area (Å²) in [6.07, 6.45) is 11.6. The molecule has 0 spiro atoms. The molecular weight excluding hydrogens is 210 g/mol. The van der Waals surface area contributed by atoms with E-state index in [0.29, 0.717) is 6.04 Å². The van der Waals surface area contributed by atoms with Gasteiger partial charge in [-0.05, 0) is 19.8 Å². The van der Waals surface area contributed by atoms with Gasteiger partial charge in [-0.15, -0.1) is 0 Å². The van der Waals surface area contributed by atoms with E-state index in [9.17, 15) is 0 Å². The maximum Gasteiger partial charge on any atom is 0.202 e. The number of nitrogens with one attached hydrogen (secondary N) is 1. The third kappa shape index (κ3) is 5.24. The molecule has 1 heterocycles. The monoisotopic (exact) mass is 237 g/mol. The Morgan fingerprint density at radius 1 is 1.24 bits per heavy atom. The zero-order valence-electron chi connectivity index (χ0n) is 11.6. The van der Waals surface area contributed by atoms with E-state index in [-0.39, 0.29) is 0 Å². The molecule has 1 aromatic rings. The van der Waals surface area contributed by atoms with E-state index < -0.39 is 0 Å². The minimum Gasteiger partial charge on any atom is -0.353 e. The van der Waals surface area contributed by atoms with Crippen LogP contribution in [0.15, 0.2) is 12.4 Å². The molecule has 3 heteroatoms. The fourth-order valence-electron chi connectivity index (χ4n) is 1.95. The van der Waals surface area contributed by atoms with Gasteiger partial charge < -0.3 is 9.88 Å². The minimum absolute atomic E-state index is 0.518. The van der Waals surface area contributed by atoms with Crippen LogP contribution in [0.4, 0.5) is 5.95 Å². The molecule has 0 aliphatic carbocycles. The van der Waals surface area contributed by atoms with Gasteiger partial charge in [-0.3, -0.25) is 0 Å². The Hall–Kier alpha value is -0.990. The quantitative estimate of drug-likeness (QED) is 0.656. The Morgan fingerprint density at radius 2 is 2.00 bits per heavy atom. The Labute approximate surface area is 106 Å². The SMILES string of the molecule is CCCCCC(C)Nc1nccn1CCCC. The Balaban J connectivity index is 2.36. The topological polar surface area (TPSA) is 29.9 Å². The Kier molecular flexibility index (Phi) is 6.75. The first-order chi connectivity index (χ1) is 8.27. The van der Waals surface area contributed by atoms with E-state index in [2.05, 4.69) is 41.8 Å². The van der Waals surface area contributed by atoms with Gasteiger partial charge in [0.15, 0.2) is 0 Å². The lowest BCUT2D eigenvalue weighted by molar-refractivity contribution is 0.595. The number of nitrogens with zero attached hydrogens (tertiary/aromatic N) is 2. The third-order valence-corrected chi connectivity index (χ3v) is 3.08. The zero-order chi connectivity index (χ0) is 12.5. The number of anilines is 1. The molecule has 17 heavy (non-hydrogen) atoms. The van der Waals surface area contributed by atoms with Crippen molar-refractivity contribution in [1.29, 1.82) is 0 Å². The first kappa shape index (κ1) is 14.1. The predicted octanol–water partition coefficient (Wildman–Crippen LogP) is 4.06. The molecule has 1 aromatic heterocycles. The number of hydrogen-bond donors (Lipinski definition) is 1. The second kappa shape index (κ2) is 8.15. The summed E-state index contributed by atoms with van der Waals surface area (Å²) in [4.78, 5) is 4.39. The van der Waals surface area contributed by atoms with Crippen molar-refractivity contribution in [2.75, 3.05) is 5.32 Å². The van der Waals surface area contributed by atoms with Crippen LogP contribution < -0.4 is 5.32 Å². The highest BCUT2D eigenvalue weighted by atomic mass is 15.2. The maximum atomic E-state index is 4.39. The average molecular weight is 237 g/mol. The van der Waals surface area contributed by atoms with Crippen molar-refractivity contribution in [2.45, 2.75) is 71.9 Å². The summed E-state index contributed by atoms with van der Waals surface area (Å²) in [6, 6.07) is 0.518. The minimum atomic E-state index is 0.518. The van der Waals surface area contributed by atoms with Crippen molar-refractivity contribution in [3.63, 3.8) is 0 Å². The number of imidazole rings is 1. The van der Waals surface area contributed by atoms with Gasteiger partial charge in [0.1, 0.15) is 0 Å². The zero-order valence-corrected chi connectivity index (χ0v) is 11.6. The van der Waals surface area contributed by atoms with Crippen LogP contribution in [0.5, 0.6) is 0 Å². The molecule has 0 bridgehead atoms. The molecule has 3 nitrogen and oxygen atoms in total. The first-order valence-corrected chi connectivity index (χ1v) is 7.05. The highest BCUT2D eigenvalue weighted by Crippen LogP contribution is 2.11. The molecule has 0 aromatic carbocycles.